The summed E-state index contributed by atoms with van der Waals surface area (Å²) in [5, 5.41) is 0. The van der Waals surface area contributed by atoms with Gasteiger partial charge in [0, 0.05) is 0 Å². The molecule has 0 fully saturated rings. The Morgan fingerprint density at radius 2 is 0.778 bits per heavy atom. The molecule has 0 aliphatic heterocycles. The summed E-state index contributed by atoms with van der Waals surface area (Å²) in [5.74, 6) is -1.79. The molecule has 2 aliphatic rings. The van der Waals surface area contributed by atoms with Crippen molar-refractivity contribution in [3.8, 4) is 22.3 Å². The molecule has 6 rings (SSSR count). The van der Waals surface area contributed by atoms with Crippen molar-refractivity contribution in [2.45, 2.75) is 68.2 Å². The van der Waals surface area contributed by atoms with E-state index in [0.717, 1.165) is 46.5 Å². The fourth-order valence-electron chi connectivity index (χ4n) is 9.08. The van der Waals surface area contributed by atoms with Crippen molar-refractivity contribution >= 4 is 18.1 Å². The van der Waals surface area contributed by atoms with Gasteiger partial charge in [-0.3, -0.25) is 0 Å². The number of halogens is 12. The van der Waals surface area contributed by atoms with E-state index in [4.69, 9.17) is 0 Å². The summed E-state index contributed by atoms with van der Waals surface area (Å²) in [7, 11) is 0. The van der Waals surface area contributed by atoms with Crippen LogP contribution in [-0.4, -0.2) is 5.92 Å². The van der Waals surface area contributed by atoms with E-state index < -0.39 is 70.8 Å². The van der Waals surface area contributed by atoms with Crippen molar-refractivity contribution in [3.05, 3.63) is 128 Å². The average molecular weight is 863 g/mol. The van der Waals surface area contributed by atoms with Gasteiger partial charge in [-0.05, 0) is 0 Å². The summed E-state index contributed by atoms with van der Waals surface area (Å²) in [6.07, 6.45) is -16.5. The summed E-state index contributed by atoms with van der Waals surface area (Å²) in [4.78, 5) is 0. The molecule has 0 saturated carbocycles. The van der Waals surface area contributed by atoms with Gasteiger partial charge in [0.05, 0.1) is 0 Å². The summed E-state index contributed by atoms with van der Waals surface area (Å²) in [6, 6.07) is 13.1. The maximum atomic E-state index is 13.9. The Morgan fingerprint density at radius 1 is 0.481 bits per heavy atom. The number of hydrogen-bond donors (Lipinski definition) is 0. The van der Waals surface area contributed by atoms with E-state index >= 15 is 0 Å². The van der Waals surface area contributed by atoms with Crippen molar-refractivity contribution in [2.24, 2.45) is 0 Å². The van der Waals surface area contributed by atoms with Crippen LogP contribution in [0, 0.1) is 0 Å². The van der Waals surface area contributed by atoms with Crippen LogP contribution in [0.3, 0.4) is 0 Å². The van der Waals surface area contributed by atoms with Crippen molar-refractivity contribution in [1.29, 1.82) is 0 Å². The minimum absolute atomic E-state index is 0.0969. The summed E-state index contributed by atoms with van der Waals surface area (Å²) < 4.78 is 171. The molecule has 0 amide bonds. The fourth-order valence-corrected chi connectivity index (χ4v) is 39.8. The third-order valence-electron chi connectivity index (χ3n) is 12.0. The number of fused-ring (bicyclic) bond motifs is 2. The van der Waals surface area contributed by atoms with Crippen molar-refractivity contribution < 1.29 is 70.6 Å². The number of allylic oxidation sites excluding steroid dienone is 2. The molecule has 14 heteroatoms. The van der Waals surface area contributed by atoms with Gasteiger partial charge in [-0.15, -0.1) is 0 Å². The SMILES string of the molecule is CC1=Cc2c(-c3cc(C(F)(F)F)cc(C(F)(F)F)c3)cccc2[CH]1[Zr]([CH3])([CH3])([CH]1C(C)=Cc2c(-c3cc(C(F)(F)F)cc(C(F)(F)F)c3)cccc21)[SiH](C)C. The van der Waals surface area contributed by atoms with Crippen LogP contribution >= 0.6 is 0 Å². The van der Waals surface area contributed by atoms with Crippen LogP contribution in [0.25, 0.3) is 34.4 Å². The van der Waals surface area contributed by atoms with E-state index in [1.165, 1.54) is 12.1 Å². The molecule has 0 bridgehead atoms. The van der Waals surface area contributed by atoms with E-state index in [9.17, 15) is 52.7 Å². The summed E-state index contributed by atoms with van der Waals surface area (Å²) in [5.41, 5.74) is -1.25. The zero-order chi connectivity index (χ0) is 40.2. The van der Waals surface area contributed by atoms with Gasteiger partial charge in [-0.2, -0.15) is 0 Å². The normalized spacial score (nSPS) is 18.6. The molecular weight excluding hydrogens is 828 g/mol. The molecule has 0 heterocycles. The zero-order valence-corrected chi connectivity index (χ0v) is 33.5. The van der Waals surface area contributed by atoms with Crippen LogP contribution in [0.4, 0.5) is 52.7 Å². The van der Waals surface area contributed by atoms with Crippen LogP contribution in [-0.2, 0) is 42.6 Å². The third-order valence-corrected chi connectivity index (χ3v) is 59.2. The molecule has 2 atom stereocenters. The van der Waals surface area contributed by atoms with Crippen LogP contribution in [0.5, 0.6) is 0 Å². The minimum atomic E-state index is -5.03. The Hall–Kier alpha value is -3.38. The monoisotopic (exact) mass is 861 g/mol. The summed E-state index contributed by atoms with van der Waals surface area (Å²) in [6.45, 7) is 8.23. The van der Waals surface area contributed by atoms with Crippen molar-refractivity contribution in [2.75, 3.05) is 0 Å². The Bertz CT molecular complexity index is 2020. The first-order valence-corrected chi connectivity index (χ1v) is 31.9. The van der Waals surface area contributed by atoms with Crippen LogP contribution < -0.4 is 0 Å². The molecule has 0 N–H and O–H groups in total. The topological polar surface area (TPSA) is 0 Å². The average Bonchev–Trinajstić information content (AvgIpc) is 3.59. The summed E-state index contributed by atoms with van der Waals surface area (Å²) >= 11 is -4.52. The van der Waals surface area contributed by atoms with E-state index in [-0.39, 0.29) is 41.6 Å². The van der Waals surface area contributed by atoms with Crippen molar-refractivity contribution in [1.82, 2.24) is 0 Å². The molecule has 0 aromatic heterocycles. The first-order valence-electron chi connectivity index (χ1n) is 17.1. The number of benzene rings is 4. The molecular formula is C40H35F12SiZr. The first kappa shape index (κ1) is 40.3. The second-order valence-electron chi connectivity index (χ2n) is 15.7. The van der Waals surface area contributed by atoms with E-state index in [2.05, 4.69) is 22.4 Å². The van der Waals surface area contributed by atoms with Gasteiger partial charge in [0.25, 0.3) is 0 Å². The van der Waals surface area contributed by atoms with Crippen molar-refractivity contribution in [3.63, 3.8) is 0 Å². The van der Waals surface area contributed by atoms with Gasteiger partial charge in [-0.1, -0.05) is 0 Å². The first-order chi connectivity index (χ1) is 24.6. The molecule has 2 aliphatic carbocycles. The Morgan fingerprint density at radius 3 is 1.04 bits per heavy atom. The van der Waals surface area contributed by atoms with Crippen LogP contribution in [0.2, 0.25) is 22.4 Å². The van der Waals surface area contributed by atoms with E-state index in [1.807, 2.05) is 38.1 Å². The van der Waals surface area contributed by atoms with Gasteiger partial charge in [0.15, 0.2) is 0 Å². The van der Waals surface area contributed by atoms with Gasteiger partial charge >= 0.3 is 308 Å². The van der Waals surface area contributed by atoms with Gasteiger partial charge < -0.3 is 0 Å². The Balaban J connectivity index is 1.55. The zero-order valence-electron chi connectivity index (χ0n) is 29.9. The number of hydrogen-bond acceptors (Lipinski definition) is 0. The predicted molar refractivity (Wildman–Crippen MR) is 187 cm³/mol. The standard InChI is InChI=1S/2C18H11F6.C2H7Si.2CH3.Zr/c2*1-10-5-11-3-2-4-15(16(11)6-10)12-7-13(17(19,20)21)9-14(8-12)18(22,23)24;1-3-2;;;/h2*2-9H,1H3;3H,1-2H3;2*1H3;. The second-order valence-corrected chi connectivity index (χ2v) is 53.6. The molecule has 2 unspecified atom stereocenters. The quantitative estimate of drug-likeness (QED) is 0.139. The molecule has 0 saturated heterocycles. The molecule has 0 nitrogen and oxygen atoms in total. The van der Waals surface area contributed by atoms with Gasteiger partial charge in [0.2, 0.25) is 0 Å². The molecule has 4 aromatic carbocycles. The molecule has 0 radical (unpaired) electrons. The third kappa shape index (κ3) is 6.66. The molecule has 54 heavy (non-hydrogen) atoms. The van der Waals surface area contributed by atoms with Crippen LogP contribution in [0.15, 0.2) is 83.9 Å². The van der Waals surface area contributed by atoms with E-state index in [0.29, 0.717) is 11.1 Å². The molecule has 0 spiro atoms. The molecule has 4 aromatic rings. The molecule has 287 valence electrons. The second kappa shape index (κ2) is 12.8. The maximum absolute atomic E-state index is 13.9. The van der Waals surface area contributed by atoms with Crippen LogP contribution in [0.1, 0.15) is 65.6 Å². The Labute approximate surface area is 306 Å². The van der Waals surface area contributed by atoms with Gasteiger partial charge in [-0.25, -0.2) is 0 Å². The van der Waals surface area contributed by atoms with Gasteiger partial charge in [0.1, 0.15) is 0 Å². The number of alkyl halides is 12. The Kier molecular flexibility index (Phi) is 9.57. The number of rotatable bonds is 5. The van der Waals surface area contributed by atoms with E-state index in [1.54, 1.807) is 12.1 Å². The predicted octanol–water partition coefficient (Wildman–Crippen LogP) is 14.5. The fraction of sp³-hybridized carbons (Fsp3) is 0.300.